The molecule has 1 aliphatic carbocycles. The first-order chi connectivity index (χ1) is 12.3. The van der Waals surface area contributed by atoms with Crippen LogP contribution in [-0.4, -0.2) is 31.5 Å². The maximum absolute atomic E-state index is 12.4. The first-order valence-electron chi connectivity index (χ1n) is 8.71. The number of aromatic amines is 1. The van der Waals surface area contributed by atoms with Crippen molar-refractivity contribution in [3.05, 3.63) is 24.3 Å². The Hall–Kier alpha value is -2.38. The molecule has 8 heteroatoms. The fourth-order valence-electron chi connectivity index (χ4n) is 4.24. The largest absolute Gasteiger partial charge is 0.395 e. The topological polar surface area (TPSA) is 63.6 Å². The monoisotopic (exact) mass is 364 g/mol. The smallest absolute Gasteiger partial charge is 0.346 e. The summed E-state index contributed by atoms with van der Waals surface area (Å²) in [7, 11) is 0. The van der Waals surface area contributed by atoms with E-state index in [4.69, 9.17) is 0 Å². The van der Waals surface area contributed by atoms with Crippen molar-refractivity contribution in [3.63, 3.8) is 0 Å². The van der Waals surface area contributed by atoms with Gasteiger partial charge in [-0.15, -0.1) is 0 Å². The predicted molar refractivity (Wildman–Crippen MR) is 90.8 cm³/mol. The molecule has 4 rings (SSSR count). The summed E-state index contributed by atoms with van der Waals surface area (Å²) >= 11 is 0. The normalized spacial score (nSPS) is 21.1. The first kappa shape index (κ1) is 17.1. The average Bonchev–Trinajstić information content (AvgIpc) is 3.21. The van der Waals surface area contributed by atoms with E-state index in [0.717, 1.165) is 40.7 Å². The highest BCUT2D eigenvalue weighted by molar-refractivity contribution is 6.01. The summed E-state index contributed by atoms with van der Waals surface area (Å²) in [5.41, 5.74) is 2.60. The minimum atomic E-state index is -4.42. The zero-order valence-corrected chi connectivity index (χ0v) is 14.3. The van der Waals surface area contributed by atoms with Crippen LogP contribution in [0.4, 0.5) is 13.2 Å². The van der Waals surface area contributed by atoms with Gasteiger partial charge in [0.25, 0.3) is 0 Å². The molecule has 1 N–H and O–H groups in total. The van der Waals surface area contributed by atoms with Gasteiger partial charge in [0.05, 0.1) is 11.7 Å². The molecule has 2 atom stereocenters. The van der Waals surface area contributed by atoms with Crippen LogP contribution < -0.4 is 0 Å². The van der Waals surface area contributed by atoms with E-state index in [1.54, 1.807) is 6.20 Å². The lowest BCUT2D eigenvalue weighted by atomic mass is 9.99. The number of nitrogens with zero attached hydrogens (tertiary/aromatic N) is 3. The molecule has 138 valence electrons. The molecule has 0 aromatic carbocycles. The summed E-state index contributed by atoms with van der Waals surface area (Å²) in [5.74, 6) is 0.144. The summed E-state index contributed by atoms with van der Waals surface area (Å²) in [4.78, 5) is 23.7. The number of rotatable bonds is 4. The van der Waals surface area contributed by atoms with Crippen molar-refractivity contribution in [1.82, 2.24) is 19.5 Å². The van der Waals surface area contributed by atoms with Crippen LogP contribution in [0.2, 0.25) is 0 Å². The second kappa shape index (κ2) is 6.10. The molecular weight excluding hydrogens is 345 g/mol. The van der Waals surface area contributed by atoms with Gasteiger partial charge in [0.2, 0.25) is 0 Å². The number of hydrogen-bond donors (Lipinski definition) is 1. The van der Waals surface area contributed by atoms with E-state index < -0.39 is 18.4 Å². The Balaban J connectivity index is 1.58. The maximum atomic E-state index is 12.4. The minimum Gasteiger partial charge on any atom is -0.346 e. The van der Waals surface area contributed by atoms with Crippen molar-refractivity contribution >= 4 is 27.9 Å². The van der Waals surface area contributed by atoms with Gasteiger partial charge in [-0.2, -0.15) is 13.2 Å². The number of aryl methyl sites for hydroxylation is 1. The molecule has 0 saturated heterocycles. The SMILES string of the molecule is Cc1nc2cnc3[nH]ccc3c2n1[C@@H]1CC[C@@H](CC(=O)CC(F)(F)F)C1. The van der Waals surface area contributed by atoms with Gasteiger partial charge in [-0.25, -0.2) is 9.97 Å². The minimum absolute atomic E-state index is 0.00279. The van der Waals surface area contributed by atoms with Gasteiger partial charge in [0.1, 0.15) is 29.2 Å². The van der Waals surface area contributed by atoms with Gasteiger partial charge < -0.3 is 9.55 Å². The maximum Gasteiger partial charge on any atom is 0.395 e. The highest BCUT2D eigenvalue weighted by atomic mass is 19.4. The molecule has 0 aliphatic heterocycles. The molecule has 1 fully saturated rings. The number of fused-ring (bicyclic) bond motifs is 3. The van der Waals surface area contributed by atoms with Crippen molar-refractivity contribution in [3.8, 4) is 0 Å². The number of ketones is 1. The molecule has 3 heterocycles. The third-order valence-corrected chi connectivity index (χ3v) is 5.20. The Morgan fingerprint density at radius 1 is 1.38 bits per heavy atom. The Morgan fingerprint density at radius 2 is 2.19 bits per heavy atom. The molecule has 5 nitrogen and oxygen atoms in total. The van der Waals surface area contributed by atoms with E-state index in [-0.39, 0.29) is 18.4 Å². The standard InChI is InChI=1S/C18H19F3N4O/c1-10-24-15-9-23-17-14(4-5-22-17)16(15)25(10)12-3-2-11(6-12)7-13(26)8-18(19,20)21/h4-5,9,11-12H,2-3,6-8H2,1H3,(H,22,23)/t11-,12-/m1/s1. The quantitative estimate of drug-likeness (QED) is 0.743. The van der Waals surface area contributed by atoms with E-state index in [0.29, 0.717) is 6.42 Å². The number of hydrogen-bond acceptors (Lipinski definition) is 3. The lowest BCUT2D eigenvalue weighted by Crippen LogP contribution is -2.17. The Bertz CT molecular complexity index is 972. The molecule has 0 spiro atoms. The van der Waals surface area contributed by atoms with Gasteiger partial charge in [-0.05, 0) is 38.2 Å². The molecule has 26 heavy (non-hydrogen) atoms. The third-order valence-electron chi connectivity index (χ3n) is 5.20. The van der Waals surface area contributed by atoms with Gasteiger partial charge >= 0.3 is 6.18 Å². The number of Topliss-reactive ketones (excluding diaryl/α,β-unsaturated/α-hetero) is 1. The Labute approximate surface area is 147 Å². The van der Waals surface area contributed by atoms with Crippen LogP contribution in [0, 0.1) is 12.8 Å². The summed E-state index contributed by atoms with van der Waals surface area (Å²) < 4.78 is 39.3. The zero-order valence-electron chi connectivity index (χ0n) is 14.3. The number of pyridine rings is 1. The first-order valence-corrected chi connectivity index (χ1v) is 8.71. The highest BCUT2D eigenvalue weighted by Gasteiger charge is 2.34. The second-order valence-electron chi connectivity index (χ2n) is 7.13. The van der Waals surface area contributed by atoms with Crippen LogP contribution in [0.15, 0.2) is 18.5 Å². The van der Waals surface area contributed by atoms with E-state index >= 15 is 0 Å². The number of carbonyl (C=O) groups is 1. The molecule has 3 aromatic heterocycles. The summed E-state index contributed by atoms with van der Waals surface area (Å²) in [6.45, 7) is 1.93. The van der Waals surface area contributed by atoms with Gasteiger partial charge in [0, 0.05) is 24.0 Å². The van der Waals surface area contributed by atoms with Crippen molar-refractivity contribution in [2.24, 2.45) is 5.92 Å². The molecule has 0 radical (unpaired) electrons. The van der Waals surface area contributed by atoms with Crippen LogP contribution in [0.3, 0.4) is 0 Å². The zero-order chi connectivity index (χ0) is 18.5. The summed E-state index contributed by atoms with van der Waals surface area (Å²) in [5, 5.41) is 0.986. The molecule has 1 saturated carbocycles. The molecule has 0 bridgehead atoms. The molecule has 0 unspecified atom stereocenters. The van der Waals surface area contributed by atoms with Crippen LogP contribution >= 0.6 is 0 Å². The Morgan fingerprint density at radius 3 is 2.96 bits per heavy atom. The van der Waals surface area contributed by atoms with Crippen LogP contribution in [0.25, 0.3) is 22.1 Å². The van der Waals surface area contributed by atoms with Crippen LogP contribution in [0.1, 0.15) is 44.0 Å². The number of alkyl halides is 3. The predicted octanol–water partition coefficient (Wildman–Crippen LogP) is 4.47. The number of halogens is 3. The number of H-pyrrole nitrogens is 1. The van der Waals surface area contributed by atoms with Crippen LogP contribution in [-0.2, 0) is 4.79 Å². The number of carbonyl (C=O) groups excluding carboxylic acids is 1. The molecule has 3 aromatic rings. The highest BCUT2D eigenvalue weighted by Crippen LogP contribution is 2.40. The molecule has 0 amide bonds. The van der Waals surface area contributed by atoms with Crippen molar-refractivity contribution in [2.75, 3.05) is 0 Å². The molecule has 1 aliphatic rings. The third kappa shape index (κ3) is 3.08. The second-order valence-corrected chi connectivity index (χ2v) is 7.13. The number of imidazole rings is 1. The van der Waals surface area contributed by atoms with Crippen molar-refractivity contribution in [1.29, 1.82) is 0 Å². The summed E-state index contributed by atoms with van der Waals surface area (Å²) in [6, 6.07) is 2.10. The van der Waals surface area contributed by atoms with Gasteiger partial charge in [-0.1, -0.05) is 0 Å². The number of nitrogens with one attached hydrogen (secondary N) is 1. The lowest BCUT2D eigenvalue weighted by molar-refractivity contribution is -0.152. The average molecular weight is 364 g/mol. The van der Waals surface area contributed by atoms with Gasteiger partial charge in [0.15, 0.2) is 0 Å². The fraction of sp³-hybridized carbons (Fsp3) is 0.500. The van der Waals surface area contributed by atoms with E-state index in [1.165, 1.54) is 0 Å². The Kier molecular flexibility index (Phi) is 4.00. The van der Waals surface area contributed by atoms with Crippen LogP contribution in [0.5, 0.6) is 0 Å². The fourth-order valence-corrected chi connectivity index (χ4v) is 4.24. The van der Waals surface area contributed by atoms with E-state index in [9.17, 15) is 18.0 Å². The summed E-state index contributed by atoms with van der Waals surface area (Å²) in [6.07, 6.45) is 0.121. The van der Waals surface area contributed by atoms with Crippen molar-refractivity contribution < 1.29 is 18.0 Å². The van der Waals surface area contributed by atoms with Gasteiger partial charge in [-0.3, -0.25) is 4.79 Å². The number of aromatic nitrogens is 4. The molecular formula is C18H19F3N4O. The van der Waals surface area contributed by atoms with E-state index in [1.807, 2.05) is 19.2 Å². The van der Waals surface area contributed by atoms with Crippen molar-refractivity contribution in [2.45, 2.75) is 51.2 Å². The van der Waals surface area contributed by atoms with E-state index in [2.05, 4.69) is 19.5 Å². The lowest BCUT2D eigenvalue weighted by Gasteiger charge is -2.16.